The average Bonchev–Trinajstić information content (AvgIpc) is 3.06. The molecule has 5 rings (SSSR count). The maximum absolute atomic E-state index is 14.2. The number of rotatable bonds is 7. The molecule has 0 amide bonds. The molecule has 2 fully saturated rings. The molecule has 3 aliphatic rings. The summed E-state index contributed by atoms with van der Waals surface area (Å²) in [5, 5.41) is 3.47. The minimum atomic E-state index is -4.29. The van der Waals surface area contributed by atoms with Crippen LogP contribution in [0.15, 0.2) is 35.2 Å². The highest BCUT2D eigenvalue weighted by Crippen LogP contribution is 2.52. The van der Waals surface area contributed by atoms with E-state index in [-0.39, 0.29) is 11.5 Å². The molecule has 1 saturated carbocycles. The highest BCUT2D eigenvalue weighted by molar-refractivity contribution is 7.92. The fraction of sp³-hybridized carbons (Fsp3) is 0.500. The van der Waals surface area contributed by atoms with Gasteiger partial charge in [-0.15, -0.1) is 0 Å². The van der Waals surface area contributed by atoms with Crippen molar-refractivity contribution in [2.45, 2.75) is 55.3 Å². The van der Waals surface area contributed by atoms with Crippen LogP contribution in [0.2, 0.25) is 0 Å². The van der Waals surface area contributed by atoms with Gasteiger partial charge in [-0.1, -0.05) is 6.42 Å². The molecule has 9 heteroatoms. The number of anilines is 2. The smallest absolute Gasteiger partial charge is 0.264 e. The molecule has 1 saturated heterocycles. The van der Waals surface area contributed by atoms with Crippen LogP contribution in [-0.2, 0) is 26.7 Å². The topological polar surface area (TPSA) is 78.5 Å². The van der Waals surface area contributed by atoms with E-state index in [4.69, 9.17) is 0 Å². The first-order valence-electron chi connectivity index (χ1n) is 12.3. The second-order valence-electron chi connectivity index (χ2n) is 10.2. The first-order valence-corrected chi connectivity index (χ1v) is 13.8. The van der Waals surface area contributed by atoms with E-state index in [0.29, 0.717) is 18.4 Å². The van der Waals surface area contributed by atoms with Crippen molar-refractivity contribution in [3.8, 4) is 0 Å². The number of hydrogen-bond donors (Lipinski definition) is 2. The highest BCUT2D eigenvalue weighted by atomic mass is 32.2. The molecule has 2 aliphatic carbocycles. The summed E-state index contributed by atoms with van der Waals surface area (Å²) in [6.07, 6.45) is 6.13. The van der Waals surface area contributed by atoms with Crippen molar-refractivity contribution < 1.29 is 22.0 Å². The van der Waals surface area contributed by atoms with Gasteiger partial charge in [0.05, 0.1) is 11.1 Å². The standard InChI is InChI=1S/C26H31F2N3O3S/c1-31-11-6-17(7-12-31)5-10-29-23-15-19(14-21-20(23)16-25(32)26(21)8-2-9-26)30-35(33,34)24-4-3-18(27)13-22(24)28/h3-4,13-15,17,29-30H,2,5-12,16H2,1H3. The number of halogens is 2. The molecule has 2 aromatic rings. The van der Waals surface area contributed by atoms with Crippen molar-refractivity contribution in [1.82, 2.24) is 4.90 Å². The molecule has 6 nitrogen and oxygen atoms in total. The van der Waals surface area contributed by atoms with Gasteiger partial charge < -0.3 is 10.2 Å². The average molecular weight is 504 g/mol. The Morgan fingerprint density at radius 1 is 1.11 bits per heavy atom. The van der Waals surface area contributed by atoms with E-state index >= 15 is 0 Å². The van der Waals surface area contributed by atoms with E-state index in [1.54, 1.807) is 12.1 Å². The van der Waals surface area contributed by atoms with Crippen molar-refractivity contribution in [3.63, 3.8) is 0 Å². The van der Waals surface area contributed by atoms with Crippen molar-refractivity contribution >= 4 is 27.2 Å². The van der Waals surface area contributed by atoms with Gasteiger partial charge in [0.1, 0.15) is 22.3 Å². The summed E-state index contributed by atoms with van der Waals surface area (Å²) < 4.78 is 55.9. The lowest BCUT2D eigenvalue weighted by atomic mass is 9.64. The quantitative estimate of drug-likeness (QED) is 0.584. The first-order chi connectivity index (χ1) is 16.7. The Hall–Kier alpha value is -2.52. The summed E-state index contributed by atoms with van der Waals surface area (Å²) in [6.45, 7) is 2.91. The number of Topliss-reactive ketones (excluding diaryl/α,β-unsaturated/α-hetero) is 1. The minimum absolute atomic E-state index is 0.182. The summed E-state index contributed by atoms with van der Waals surface area (Å²) >= 11 is 0. The SMILES string of the molecule is CN1CCC(CCNc2cc(NS(=O)(=O)c3ccc(F)cc3F)cc3c2CC(=O)C32CCC2)CC1. The van der Waals surface area contributed by atoms with Crippen molar-refractivity contribution in [2.75, 3.05) is 36.7 Å². The molecule has 1 spiro atoms. The molecule has 2 aromatic carbocycles. The lowest BCUT2D eigenvalue weighted by Gasteiger charge is -2.38. The number of nitrogens with zero attached hydrogens (tertiary/aromatic N) is 1. The summed E-state index contributed by atoms with van der Waals surface area (Å²) in [5.41, 5.74) is 2.30. The molecule has 0 aromatic heterocycles. The van der Waals surface area contributed by atoms with Crippen LogP contribution in [-0.4, -0.2) is 45.8 Å². The summed E-state index contributed by atoms with van der Waals surface area (Å²) in [6, 6.07) is 5.80. The Labute approximate surface area is 205 Å². The first kappa shape index (κ1) is 24.2. The molecule has 1 aliphatic heterocycles. The van der Waals surface area contributed by atoms with Gasteiger partial charge in [0.2, 0.25) is 0 Å². The molecule has 0 unspecified atom stereocenters. The van der Waals surface area contributed by atoms with E-state index in [0.717, 1.165) is 87.1 Å². The zero-order valence-electron chi connectivity index (χ0n) is 19.9. The van der Waals surface area contributed by atoms with Crippen LogP contribution in [0.3, 0.4) is 0 Å². The number of benzene rings is 2. The number of carbonyl (C=O) groups is 1. The Bertz CT molecular complexity index is 1250. The number of carbonyl (C=O) groups excluding carboxylic acids is 1. The van der Waals surface area contributed by atoms with Gasteiger partial charge in [0, 0.05) is 24.7 Å². The molecule has 0 radical (unpaired) electrons. The molecule has 2 N–H and O–H groups in total. The number of nitrogens with one attached hydrogen (secondary N) is 2. The van der Waals surface area contributed by atoms with Crippen molar-refractivity contribution in [2.24, 2.45) is 5.92 Å². The maximum Gasteiger partial charge on any atom is 0.264 e. The van der Waals surface area contributed by atoms with Gasteiger partial charge in [-0.3, -0.25) is 9.52 Å². The Morgan fingerprint density at radius 3 is 2.51 bits per heavy atom. The fourth-order valence-electron chi connectivity index (χ4n) is 5.73. The normalized spacial score (nSPS) is 20.0. The lowest BCUT2D eigenvalue weighted by molar-refractivity contribution is -0.125. The molecular formula is C26H31F2N3O3S. The Kier molecular flexibility index (Phi) is 6.34. The van der Waals surface area contributed by atoms with Gasteiger partial charge >= 0.3 is 0 Å². The molecule has 0 atom stereocenters. The third kappa shape index (κ3) is 4.56. The van der Waals surface area contributed by atoms with E-state index in [1.165, 1.54) is 0 Å². The van der Waals surface area contributed by atoms with Crippen LogP contribution >= 0.6 is 0 Å². The number of likely N-dealkylation sites (tertiary alicyclic amines) is 1. The van der Waals surface area contributed by atoms with E-state index in [1.807, 2.05) is 0 Å². The second kappa shape index (κ2) is 9.17. The summed E-state index contributed by atoms with van der Waals surface area (Å²) in [4.78, 5) is 14.7. The predicted molar refractivity (Wildman–Crippen MR) is 131 cm³/mol. The molecule has 1 heterocycles. The predicted octanol–water partition coefficient (Wildman–Crippen LogP) is 4.46. The highest BCUT2D eigenvalue weighted by Gasteiger charge is 2.51. The number of fused-ring (bicyclic) bond motifs is 2. The molecular weight excluding hydrogens is 472 g/mol. The van der Waals surface area contributed by atoms with Crippen molar-refractivity contribution in [1.29, 1.82) is 0 Å². The van der Waals surface area contributed by atoms with Crippen LogP contribution in [0.4, 0.5) is 20.2 Å². The fourth-order valence-corrected chi connectivity index (χ4v) is 6.83. The van der Waals surface area contributed by atoms with Crippen LogP contribution in [0.5, 0.6) is 0 Å². The van der Waals surface area contributed by atoms with E-state index < -0.39 is 32.0 Å². The maximum atomic E-state index is 14.2. The van der Waals surface area contributed by atoms with Gasteiger partial charge in [0.15, 0.2) is 0 Å². The number of ketones is 1. The largest absolute Gasteiger partial charge is 0.385 e. The molecule has 188 valence electrons. The third-order valence-corrected chi connectivity index (χ3v) is 9.40. The Balaban J connectivity index is 1.42. The molecule has 0 bridgehead atoms. The van der Waals surface area contributed by atoms with Crippen LogP contribution in [0, 0.1) is 17.6 Å². The number of sulfonamides is 1. The Morgan fingerprint density at radius 2 is 1.86 bits per heavy atom. The van der Waals surface area contributed by atoms with E-state index in [9.17, 15) is 22.0 Å². The molecule has 35 heavy (non-hydrogen) atoms. The number of piperidine rings is 1. The summed E-state index contributed by atoms with van der Waals surface area (Å²) in [5.74, 6) is -1.18. The van der Waals surface area contributed by atoms with E-state index in [2.05, 4.69) is 22.0 Å². The van der Waals surface area contributed by atoms with Gasteiger partial charge in [-0.05, 0) is 93.6 Å². The summed E-state index contributed by atoms with van der Waals surface area (Å²) in [7, 11) is -2.15. The van der Waals surface area contributed by atoms with Crippen molar-refractivity contribution in [3.05, 3.63) is 53.1 Å². The minimum Gasteiger partial charge on any atom is -0.385 e. The van der Waals surface area contributed by atoms with Gasteiger partial charge in [-0.25, -0.2) is 17.2 Å². The van der Waals surface area contributed by atoms with Crippen LogP contribution in [0.25, 0.3) is 0 Å². The van der Waals surface area contributed by atoms with Gasteiger partial charge in [0.25, 0.3) is 10.0 Å². The van der Waals surface area contributed by atoms with Crippen LogP contribution < -0.4 is 10.0 Å². The van der Waals surface area contributed by atoms with Gasteiger partial charge in [-0.2, -0.15) is 0 Å². The lowest BCUT2D eigenvalue weighted by Crippen LogP contribution is -2.39. The number of hydrogen-bond acceptors (Lipinski definition) is 5. The zero-order valence-corrected chi connectivity index (χ0v) is 20.7. The second-order valence-corrected chi connectivity index (χ2v) is 11.9. The van der Waals surface area contributed by atoms with Crippen LogP contribution in [0.1, 0.15) is 49.7 Å². The third-order valence-electron chi connectivity index (χ3n) is 7.99. The monoisotopic (exact) mass is 503 g/mol. The zero-order chi connectivity index (χ0) is 24.8.